The first-order chi connectivity index (χ1) is 13.9. The van der Waals surface area contributed by atoms with Crippen molar-refractivity contribution in [2.75, 3.05) is 11.9 Å². The minimum atomic E-state index is -0.387. The Morgan fingerprint density at radius 3 is 2.72 bits per heavy atom. The minimum Gasteiger partial charge on any atom is -0.351 e. The maximum atomic E-state index is 12.8. The van der Waals surface area contributed by atoms with Crippen molar-refractivity contribution in [3.63, 3.8) is 0 Å². The van der Waals surface area contributed by atoms with Crippen LogP contribution < -0.4 is 10.6 Å². The van der Waals surface area contributed by atoms with Crippen LogP contribution in [0.15, 0.2) is 12.1 Å². The number of carbonyl (C=O) groups excluding carboxylic acids is 3. The van der Waals surface area contributed by atoms with Crippen LogP contribution in [0, 0.1) is 12.8 Å². The van der Waals surface area contributed by atoms with Crippen LogP contribution in [-0.4, -0.2) is 40.2 Å². The molecule has 1 atom stereocenters. The molecule has 0 bridgehead atoms. The Balaban J connectivity index is 1.43. The van der Waals surface area contributed by atoms with Gasteiger partial charge in [0.05, 0.1) is 17.1 Å². The van der Waals surface area contributed by atoms with E-state index in [4.69, 9.17) is 0 Å². The van der Waals surface area contributed by atoms with E-state index in [0.29, 0.717) is 24.6 Å². The summed E-state index contributed by atoms with van der Waals surface area (Å²) >= 11 is 3.02. The fraction of sp³-hybridized carbons (Fsp3) is 0.500. The van der Waals surface area contributed by atoms with Gasteiger partial charge in [-0.25, -0.2) is 4.98 Å². The van der Waals surface area contributed by atoms with Gasteiger partial charge in [-0.2, -0.15) is 0 Å². The standard InChI is InChI=1S/C20H24N4O3S2/c1-11-17(16-8-7-14(29-16)10-21-12(2)25)22-20(28-11)23-18(26)15-4-3-9-24(15)19(27)13-5-6-13/h7-8,13,15H,3-6,9-10H2,1-2H3,(H,21,25)(H,22,23,26). The van der Waals surface area contributed by atoms with E-state index < -0.39 is 0 Å². The van der Waals surface area contributed by atoms with E-state index in [1.54, 1.807) is 16.2 Å². The summed E-state index contributed by atoms with van der Waals surface area (Å²) in [6.07, 6.45) is 3.47. The van der Waals surface area contributed by atoms with Gasteiger partial charge in [0.1, 0.15) is 6.04 Å². The second kappa shape index (κ2) is 8.23. The van der Waals surface area contributed by atoms with Crippen molar-refractivity contribution >= 4 is 45.5 Å². The van der Waals surface area contributed by atoms with Crippen LogP contribution in [0.1, 0.15) is 42.4 Å². The molecule has 2 aliphatic rings. The van der Waals surface area contributed by atoms with Gasteiger partial charge in [-0.1, -0.05) is 0 Å². The van der Waals surface area contributed by atoms with E-state index in [2.05, 4.69) is 15.6 Å². The number of amides is 3. The third-order valence-corrected chi connectivity index (χ3v) is 7.18. The number of thiazole rings is 1. The molecule has 4 rings (SSSR count). The lowest BCUT2D eigenvalue weighted by molar-refractivity contribution is -0.137. The number of nitrogens with one attached hydrogen (secondary N) is 2. The van der Waals surface area contributed by atoms with Crippen molar-refractivity contribution in [3.05, 3.63) is 21.9 Å². The van der Waals surface area contributed by atoms with Gasteiger partial charge in [0, 0.05) is 29.1 Å². The first-order valence-electron chi connectivity index (χ1n) is 9.84. The summed E-state index contributed by atoms with van der Waals surface area (Å²) in [6, 6.07) is 3.58. The summed E-state index contributed by atoms with van der Waals surface area (Å²) in [7, 11) is 0. The molecule has 1 unspecified atom stereocenters. The molecule has 1 saturated heterocycles. The molecular weight excluding hydrogens is 408 g/mol. The number of anilines is 1. The van der Waals surface area contributed by atoms with E-state index in [9.17, 15) is 14.4 Å². The van der Waals surface area contributed by atoms with Crippen LogP contribution in [-0.2, 0) is 20.9 Å². The molecule has 0 aromatic carbocycles. The number of likely N-dealkylation sites (tertiary alicyclic amines) is 1. The number of aryl methyl sites for hydroxylation is 1. The van der Waals surface area contributed by atoms with Crippen LogP contribution in [0.4, 0.5) is 5.13 Å². The first-order valence-corrected chi connectivity index (χ1v) is 11.5. The molecule has 2 N–H and O–H groups in total. The van der Waals surface area contributed by atoms with Gasteiger partial charge < -0.3 is 15.5 Å². The highest BCUT2D eigenvalue weighted by Gasteiger charge is 2.41. The van der Waals surface area contributed by atoms with Gasteiger partial charge in [-0.3, -0.25) is 14.4 Å². The predicted molar refractivity (Wildman–Crippen MR) is 114 cm³/mol. The van der Waals surface area contributed by atoms with Crippen LogP contribution >= 0.6 is 22.7 Å². The van der Waals surface area contributed by atoms with E-state index >= 15 is 0 Å². The normalized spacial score (nSPS) is 18.7. The second-order valence-electron chi connectivity index (χ2n) is 7.55. The summed E-state index contributed by atoms with van der Waals surface area (Å²) in [4.78, 5) is 45.8. The lowest BCUT2D eigenvalue weighted by Crippen LogP contribution is -2.43. The summed E-state index contributed by atoms with van der Waals surface area (Å²) < 4.78 is 0. The maximum absolute atomic E-state index is 12.8. The zero-order chi connectivity index (χ0) is 20.5. The highest BCUT2D eigenvalue weighted by atomic mass is 32.1. The summed E-state index contributed by atoms with van der Waals surface area (Å²) in [5.41, 5.74) is 0.849. The van der Waals surface area contributed by atoms with E-state index in [1.807, 2.05) is 19.1 Å². The Hall–Kier alpha value is -2.26. The molecule has 0 spiro atoms. The lowest BCUT2D eigenvalue weighted by atomic mass is 10.2. The van der Waals surface area contributed by atoms with Crippen LogP contribution in [0.25, 0.3) is 10.6 Å². The van der Waals surface area contributed by atoms with Crippen molar-refractivity contribution in [3.8, 4) is 10.6 Å². The van der Waals surface area contributed by atoms with Gasteiger partial charge in [0.2, 0.25) is 17.7 Å². The largest absolute Gasteiger partial charge is 0.351 e. The van der Waals surface area contributed by atoms with E-state index in [-0.39, 0.29) is 29.7 Å². The van der Waals surface area contributed by atoms with Crippen LogP contribution in [0.5, 0.6) is 0 Å². The number of thiophene rings is 1. The highest BCUT2D eigenvalue weighted by Crippen LogP contribution is 2.36. The SMILES string of the molecule is CC(=O)NCc1ccc(-c2nc(NC(=O)C3CCCN3C(=O)C3CC3)sc2C)s1. The summed E-state index contributed by atoms with van der Waals surface area (Å²) in [5.74, 6) is 0.0526. The number of aromatic nitrogens is 1. The number of rotatable bonds is 6. The quantitative estimate of drug-likeness (QED) is 0.734. The van der Waals surface area contributed by atoms with Crippen molar-refractivity contribution in [1.29, 1.82) is 0 Å². The molecule has 2 aromatic rings. The molecular formula is C20H24N4O3S2. The molecule has 1 aliphatic carbocycles. The number of nitrogens with zero attached hydrogens (tertiary/aromatic N) is 2. The lowest BCUT2D eigenvalue weighted by Gasteiger charge is -2.23. The minimum absolute atomic E-state index is 0.0593. The molecule has 154 valence electrons. The van der Waals surface area contributed by atoms with E-state index in [0.717, 1.165) is 39.6 Å². The van der Waals surface area contributed by atoms with Gasteiger partial charge in [0.15, 0.2) is 5.13 Å². The van der Waals surface area contributed by atoms with Gasteiger partial charge in [-0.15, -0.1) is 22.7 Å². The fourth-order valence-electron chi connectivity index (χ4n) is 3.55. The third-order valence-electron chi connectivity index (χ3n) is 5.20. The number of hydrogen-bond donors (Lipinski definition) is 2. The summed E-state index contributed by atoms with van der Waals surface area (Å²) in [5, 5.41) is 6.28. The molecule has 0 radical (unpaired) electrons. The predicted octanol–water partition coefficient (Wildman–Crippen LogP) is 3.16. The smallest absolute Gasteiger partial charge is 0.248 e. The Labute approximate surface area is 177 Å². The first kappa shape index (κ1) is 20.0. The number of hydrogen-bond acceptors (Lipinski definition) is 6. The maximum Gasteiger partial charge on any atom is 0.248 e. The monoisotopic (exact) mass is 432 g/mol. The average molecular weight is 433 g/mol. The van der Waals surface area contributed by atoms with Gasteiger partial charge in [0.25, 0.3) is 0 Å². The van der Waals surface area contributed by atoms with Crippen molar-refractivity contribution in [2.24, 2.45) is 5.92 Å². The Kier molecular flexibility index (Phi) is 5.69. The van der Waals surface area contributed by atoms with Crippen LogP contribution in [0.2, 0.25) is 0 Å². The highest BCUT2D eigenvalue weighted by molar-refractivity contribution is 7.18. The van der Waals surface area contributed by atoms with E-state index in [1.165, 1.54) is 18.3 Å². The Bertz CT molecular complexity index is 947. The molecule has 2 fully saturated rings. The second-order valence-corrected chi connectivity index (χ2v) is 9.92. The van der Waals surface area contributed by atoms with Crippen molar-refractivity contribution < 1.29 is 14.4 Å². The topological polar surface area (TPSA) is 91.4 Å². The zero-order valence-electron chi connectivity index (χ0n) is 16.5. The molecule has 1 saturated carbocycles. The number of carbonyl (C=O) groups is 3. The molecule has 2 aromatic heterocycles. The molecule has 9 heteroatoms. The van der Waals surface area contributed by atoms with Gasteiger partial charge in [-0.05, 0) is 44.7 Å². The average Bonchev–Trinajstić information content (AvgIpc) is 3.08. The summed E-state index contributed by atoms with van der Waals surface area (Å²) in [6.45, 7) is 4.65. The molecule has 3 amide bonds. The Morgan fingerprint density at radius 1 is 1.21 bits per heavy atom. The van der Waals surface area contributed by atoms with Crippen LogP contribution in [0.3, 0.4) is 0 Å². The van der Waals surface area contributed by atoms with Gasteiger partial charge >= 0.3 is 0 Å². The fourth-order valence-corrected chi connectivity index (χ4v) is 5.44. The third kappa shape index (κ3) is 4.51. The molecule has 1 aliphatic heterocycles. The molecule has 3 heterocycles. The van der Waals surface area contributed by atoms with Crippen molar-refractivity contribution in [1.82, 2.24) is 15.2 Å². The van der Waals surface area contributed by atoms with Crippen molar-refractivity contribution in [2.45, 2.75) is 52.1 Å². The zero-order valence-corrected chi connectivity index (χ0v) is 18.1. The molecule has 7 nitrogen and oxygen atoms in total. The Morgan fingerprint density at radius 2 is 2.00 bits per heavy atom. The molecule has 29 heavy (non-hydrogen) atoms.